The fourth-order valence-corrected chi connectivity index (χ4v) is 3.47. The van der Waals surface area contributed by atoms with E-state index in [1.165, 1.54) is 12.8 Å². The van der Waals surface area contributed by atoms with E-state index in [1.807, 2.05) is 0 Å². The third kappa shape index (κ3) is 5.83. The monoisotopic (exact) mass is 476 g/mol. The first-order chi connectivity index (χ1) is 7.61. The van der Waals surface area contributed by atoms with E-state index in [4.69, 9.17) is 0 Å². The first kappa shape index (κ1) is 15.5. The molecule has 0 N–H and O–H groups in total. The second kappa shape index (κ2) is 8.49. The molecule has 16 heavy (non-hydrogen) atoms. The first-order valence-electron chi connectivity index (χ1n) is 5.49. The lowest BCUT2D eigenvalue weighted by molar-refractivity contribution is 0.653. The number of halogens is 4. The highest BCUT2D eigenvalue weighted by molar-refractivity contribution is 9.12. The summed E-state index contributed by atoms with van der Waals surface area (Å²) in [5.74, 6) is 0. The van der Waals surface area contributed by atoms with E-state index in [2.05, 4.69) is 88.0 Å². The summed E-state index contributed by atoms with van der Waals surface area (Å²) in [6.45, 7) is 0. The summed E-state index contributed by atoms with van der Waals surface area (Å²) in [6, 6.07) is 0. The van der Waals surface area contributed by atoms with Crippen molar-refractivity contribution in [2.24, 2.45) is 0 Å². The van der Waals surface area contributed by atoms with Crippen LogP contribution in [0.3, 0.4) is 0 Å². The van der Waals surface area contributed by atoms with Gasteiger partial charge in [0, 0.05) is 19.3 Å². The van der Waals surface area contributed by atoms with Crippen molar-refractivity contribution in [3.63, 3.8) is 0 Å². The third-order valence-corrected chi connectivity index (χ3v) is 8.24. The smallest absolute Gasteiger partial charge is 0.0305 e. The molecule has 0 saturated carbocycles. The molecule has 0 aromatic rings. The molecule has 0 saturated heterocycles. The van der Waals surface area contributed by atoms with Crippen molar-refractivity contribution < 1.29 is 0 Å². The molecule has 4 heteroatoms. The molecule has 0 amide bonds. The molecular weight excluding hydrogens is 464 g/mol. The van der Waals surface area contributed by atoms with Crippen LogP contribution in [0.1, 0.15) is 25.7 Å². The van der Waals surface area contributed by atoms with Crippen molar-refractivity contribution >= 4 is 63.7 Å². The molecule has 0 heterocycles. The number of hydrogen-bond acceptors (Lipinski definition) is 0. The zero-order valence-corrected chi connectivity index (χ0v) is 15.3. The van der Waals surface area contributed by atoms with Gasteiger partial charge in [-0.15, -0.1) is 0 Å². The van der Waals surface area contributed by atoms with Crippen molar-refractivity contribution in [1.82, 2.24) is 0 Å². The van der Waals surface area contributed by atoms with Gasteiger partial charge in [-0.2, -0.15) is 0 Å². The SMILES string of the molecule is BrC1C/C=C\C=C\CC(Br)C(Br)CCC1Br. The zero-order chi connectivity index (χ0) is 12.0. The Labute approximate surface area is 132 Å². The Bertz CT molecular complexity index is 223. The highest BCUT2D eigenvalue weighted by Gasteiger charge is 2.19. The van der Waals surface area contributed by atoms with E-state index < -0.39 is 0 Å². The molecule has 0 fully saturated rings. The van der Waals surface area contributed by atoms with Crippen molar-refractivity contribution in [3.05, 3.63) is 24.3 Å². The van der Waals surface area contributed by atoms with Crippen LogP contribution >= 0.6 is 63.7 Å². The topological polar surface area (TPSA) is 0 Å². The molecule has 0 aliphatic heterocycles. The van der Waals surface area contributed by atoms with E-state index >= 15 is 0 Å². The Morgan fingerprint density at radius 3 is 1.38 bits per heavy atom. The van der Waals surface area contributed by atoms with Gasteiger partial charge in [0.15, 0.2) is 0 Å². The van der Waals surface area contributed by atoms with Crippen LogP contribution < -0.4 is 0 Å². The van der Waals surface area contributed by atoms with Gasteiger partial charge in [-0.1, -0.05) is 88.0 Å². The minimum absolute atomic E-state index is 0.519. The quantitative estimate of drug-likeness (QED) is 0.389. The summed E-state index contributed by atoms with van der Waals surface area (Å²) in [4.78, 5) is 2.12. The third-order valence-electron chi connectivity index (χ3n) is 2.61. The van der Waals surface area contributed by atoms with Crippen LogP contribution in [0.25, 0.3) is 0 Å². The van der Waals surface area contributed by atoms with Gasteiger partial charge in [-0.05, 0) is 25.7 Å². The van der Waals surface area contributed by atoms with Gasteiger partial charge in [0.25, 0.3) is 0 Å². The molecule has 0 radical (unpaired) electrons. The van der Waals surface area contributed by atoms with Gasteiger partial charge in [0.2, 0.25) is 0 Å². The predicted molar refractivity (Wildman–Crippen MR) is 87.6 cm³/mol. The summed E-state index contributed by atoms with van der Waals surface area (Å²) < 4.78 is 0. The molecule has 4 unspecified atom stereocenters. The van der Waals surface area contributed by atoms with Crippen LogP contribution in [0.15, 0.2) is 24.3 Å². The van der Waals surface area contributed by atoms with Crippen LogP contribution in [0, 0.1) is 0 Å². The maximum atomic E-state index is 3.76. The number of rotatable bonds is 0. The minimum Gasteiger partial charge on any atom is -0.0878 e. The Hall–Kier alpha value is 1.40. The van der Waals surface area contributed by atoms with Crippen molar-refractivity contribution in [1.29, 1.82) is 0 Å². The van der Waals surface area contributed by atoms with Crippen molar-refractivity contribution in [2.75, 3.05) is 0 Å². The number of alkyl halides is 4. The van der Waals surface area contributed by atoms with E-state index in [0.29, 0.717) is 19.3 Å². The minimum atomic E-state index is 0.519. The summed E-state index contributed by atoms with van der Waals surface area (Å²) in [7, 11) is 0. The van der Waals surface area contributed by atoms with Crippen LogP contribution in [-0.2, 0) is 0 Å². The van der Waals surface area contributed by atoms with Crippen LogP contribution in [-0.4, -0.2) is 19.3 Å². The van der Waals surface area contributed by atoms with E-state index in [1.54, 1.807) is 0 Å². The van der Waals surface area contributed by atoms with Crippen LogP contribution in [0.5, 0.6) is 0 Å². The lowest BCUT2D eigenvalue weighted by Gasteiger charge is -2.20. The summed E-state index contributed by atoms with van der Waals surface area (Å²) in [5, 5.41) is 0. The van der Waals surface area contributed by atoms with Gasteiger partial charge < -0.3 is 0 Å². The van der Waals surface area contributed by atoms with Gasteiger partial charge in [0.1, 0.15) is 0 Å². The molecule has 92 valence electrons. The molecule has 0 bridgehead atoms. The van der Waals surface area contributed by atoms with Crippen LogP contribution in [0.4, 0.5) is 0 Å². The summed E-state index contributed by atoms with van der Waals surface area (Å²) in [5.41, 5.74) is 0. The molecule has 4 atom stereocenters. The zero-order valence-electron chi connectivity index (χ0n) is 8.96. The lowest BCUT2D eigenvalue weighted by Crippen LogP contribution is -2.19. The Balaban J connectivity index is 2.61. The summed E-state index contributed by atoms with van der Waals surface area (Å²) in [6.07, 6.45) is 13.2. The number of hydrogen-bond donors (Lipinski definition) is 0. The predicted octanol–water partition coefficient (Wildman–Crippen LogP) is 5.73. The Kier molecular flexibility index (Phi) is 8.20. The fourth-order valence-electron chi connectivity index (χ4n) is 1.55. The van der Waals surface area contributed by atoms with Crippen LogP contribution in [0.2, 0.25) is 0 Å². The van der Waals surface area contributed by atoms with Crippen molar-refractivity contribution in [2.45, 2.75) is 45.0 Å². The van der Waals surface area contributed by atoms with Gasteiger partial charge >= 0.3 is 0 Å². The molecule has 0 nitrogen and oxygen atoms in total. The molecule has 1 aliphatic carbocycles. The molecule has 0 aromatic carbocycles. The maximum absolute atomic E-state index is 3.76. The molecule has 0 aromatic heterocycles. The maximum Gasteiger partial charge on any atom is 0.0305 e. The second-order valence-electron chi connectivity index (χ2n) is 3.97. The molecule has 0 spiro atoms. The highest BCUT2D eigenvalue weighted by Crippen LogP contribution is 2.28. The Morgan fingerprint density at radius 2 is 1.00 bits per heavy atom. The van der Waals surface area contributed by atoms with Crippen molar-refractivity contribution in [3.8, 4) is 0 Å². The molecular formula is C12H16Br4. The Morgan fingerprint density at radius 1 is 0.625 bits per heavy atom. The highest BCUT2D eigenvalue weighted by atomic mass is 79.9. The fraction of sp³-hybridized carbons (Fsp3) is 0.667. The number of allylic oxidation sites excluding steroid dienone is 4. The largest absolute Gasteiger partial charge is 0.0878 e. The van der Waals surface area contributed by atoms with Gasteiger partial charge in [-0.3, -0.25) is 0 Å². The van der Waals surface area contributed by atoms with E-state index in [-0.39, 0.29) is 0 Å². The van der Waals surface area contributed by atoms with E-state index in [0.717, 1.165) is 12.8 Å². The average molecular weight is 480 g/mol. The lowest BCUT2D eigenvalue weighted by atomic mass is 10.1. The van der Waals surface area contributed by atoms with Gasteiger partial charge in [0.05, 0.1) is 0 Å². The van der Waals surface area contributed by atoms with E-state index in [9.17, 15) is 0 Å². The second-order valence-corrected chi connectivity index (χ2v) is 8.67. The molecule has 1 aliphatic rings. The first-order valence-corrected chi connectivity index (χ1v) is 9.15. The summed E-state index contributed by atoms with van der Waals surface area (Å²) >= 11 is 15.0. The average Bonchev–Trinajstić information content (AvgIpc) is 2.27. The standard InChI is InChI=1S/C12H16Br4/c13-9-5-3-1-2-4-6-10(14)12(16)8-7-11(9)15/h1-4,9-12H,5-8H2/b3-1-,4-2+. The van der Waals surface area contributed by atoms with Gasteiger partial charge in [-0.25, -0.2) is 0 Å². The molecule has 1 rings (SSSR count). The normalized spacial score (nSPS) is 41.8.